The van der Waals surface area contributed by atoms with Gasteiger partial charge in [-0.3, -0.25) is 9.36 Å². The molecule has 6 nitrogen and oxygen atoms in total. The molecule has 0 saturated carbocycles. The molecule has 1 aromatic rings. The van der Waals surface area contributed by atoms with Crippen LogP contribution in [0.4, 0.5) is 0 Å². The Morgan fingerprint density at radius 1 is 1.43 bits per heavy atom. The van der Waals surface area contributed by atoms with E-state index in [2.05, 4.69) is 11.9 Å². The molecule has 118 valence electrons. The van der Waals surface area contributed by atoms with Gasteiger partial charge in [-0.1, -0.05) is 13.3 Å². The summed E-state index contributed by atoms with van der Waals surface area (Å²) < 4.78 is 6.86. The van der Waals surface area contributed by atoms with E-state index in [4.69, 9.17) is 9.84 Å². The number of aryl methyl sites for hydroxylation is 1. The molecule has 1 N–H and O–H groups in total. The lowest BCUT2D eigenvalue weighted by Gasteiger charge is -2.23. The first-order valence-corrected chi connectivity index (χ1v) is 7.21. The standard InChI is InChI=1S/C15H24N2O4/c1-5-6-12(9-21-4)17-11(3)13(7-8-14(18)19)10(2)16-15(17)20/h12H,5-9H2,1-4H3,(H,18,19). The molecular weight excluding hydrogens is 272 g/mol. The number of methoxy groups -OCH3 is 1. The van der Waals surface area contributed by atoms with Crippen LogP contribution in [0.2, 0.25) is 0 Å². The van der Waals surface area contributed by atoms with Gasteiger partial charge in [-0.15, -0.1) is 0 Å². The number of aliphatic carboxylic acids is 1. The quantitative estimate of drug-likeness (QED) is 0.792. The minimum Gasteiger partial charge on any atom is -0.481 e. The Hall–Kier alpha value is -1.69. The summed E-state index contributed by atoms with van der Waals surface area (Å²) in [6, 6.07) is -0.0656. The molecular formula is C15H24N2O4. The normalized spacial score (nSPS) is 12.4. The van der Waals surface area contributed by atoms with Crippen molar-refractivity contribution in [2.45, 2.75) is 52.5 Å². The Bertz CT molecular complexity index is 545. The Balaban J connectivity index is 3.27. The lowest BCUT2D eigenvalue weighted by Crippen LogP contribution is -2.33. The number of nitrogens with zero attached hydrogens (tertiary/aromatic N) is 2. The maximum atomic E-state index is 12.2. The van der Waals surface area contributed by atoms with Crippen LogP contribution in [0, 0.1) is 13.8 Å². The van der Waals surface area contributed by atoms with Gasteiger partial charge in [0, 0.05) is 24.9 Å². The molecule has 1 rings (SSSR count). The Labute approximate surface area is 124 Å². The van der Waals surface area contributed by atoms with E-state index in [0.29, 0.717) is 18.7 Å². The lowest BCUT2D eigenvalue weighted by atomic mass is 10.0. The second-order valence-electron chi connectivity index (χ2n) is 5.21. The summed E-state index contributed by atoms with van der Waals surface area (Å²) in [6.07, 6.45) is 2.16. The highest BCUT2D eigenvalue weighted by atomic mass is 16.5. The number of carboxylic acids is 1. The smallest absolute Gasteiger partial charge is 0.348 e. The summed E-state index contributed by atoms with van der Waals surface area (Å²) in [4.78, 5) is 27.1. The molecule has 0 aromatic carbocycles. The second-order valence-corrected chi connectivity index (χ2v) is 5.21. The predicted molar refractivity (Wildman–Crippen MR) is 79.7 cm³/mol. The summed E-state index contributed by atoms with van der Waals surface area (Å²) in [5.74, 6) is -0.853. The van der Waals surface area contributed by atoms with Crippen LogP contribution >= 0.6 is 0 Å². The van der Waals surface area contributed by atoms with E-state index in [1.165, 1.54) is 0 Å². The van der Waals surface area contributed by atoms with Crippen LogP contribution in [0.15, 0.2) is 4.79 Å². The van der Waals surface area contributed by atoms with Crippen molar-refractivity contribution in [2.24, 2.45) is 0 Å². The molecule has 6 heteroatoms. The van der Waals surface area contributed by atoms with E-state index in [0.717, 1.165) is 24.1 Å². The minimum atomic E-state index is -0.853. The summed E-state index contributed by atoms with van der Waals surface area (Å²) in [5.41, 5.74) is 1.96. The third-order valence-corrected chi connectivity index (χ3v) is 3.64. The van der Waals surface area contributed by atoms with Crippen molar-refractivity contribution in [2.75, 3.05) is 13.7 Å². The largest absolute Gasteiger partial charge is 0.481 e. The molecule has 0 aliphatic rings. The van der Waals surface area contributed by atoms with Gasteiger partial charge >= 0.3 is 11.7 Å². The van der Waals surface area contributed by atoms with Gasteiger partial charge in [0.05, 0.1) is 12.6 Å². The molecule has 0 fully saturated rings. The molecule has 0 saturated heterocycles. The minimum absolute atomic E-state index is 0.0320. The number of hydrogen-bond donors (Lipinski definition) is 1. The molecule has 0 radical (unpaired) electrons. The summed E-state index contributed by atoms with van der Waals surface area (Å²) in [5, 5.41) is 8.85. The Kier molecular flexibility index (Phi) is 6.55. The SMILES string of the molecule is CCCC(COC)n1c(C)c(CCC(=O)O)c(C)nc1=O. The average Bonchev–Trinajstić information content (AvgIpc) is 2.38. The molecule has 0 spiro atoms. The van der Waals surface area contributed by atoms with Crippen molar-refractivity contribution >= 4 is 5.97 Å². The predicted octanol–water partition coefficient (Wildman–Crippen LogP) is 1.86. The summed E-state index contributed by atoms with van der Waals surface area (Å²) >= 11 is 0. The Morgan fingerprint density at radius 3 is 2.62 bits per heavy atom. The Morgan fingerprint density at radius 2 is 2.10 bits per heavy atom. The van der Waals surface area contributed by atoms with Crippen molar-refractivity contribution < 1.29 is 14.6 Å². The molecule has 0 aliphatic carbocycles. The first-order valence-electron chi connectivity index (χ1n) is 7.21. The number of ether oxygens (including phenoxy) is 1. The van der Waals surface area contributed by atoms with Gasteiger partial charge < -0.3 is 9.84 Å². The fourth-order valence-electron chi connectivity index (χ4n) is 2.65. The van der Waals surface area contributed by atoms with Gasteiger partial charge in [0.15, 0.2) is 0 Å². The van der Waals surface area contributed by atoms with E-state index in [1.807, 2.05) is 6.92 Å². The highest BCUT2D eigenvalue weighted by Crippen LogP contribution is 2.19. The maximum absolute atomic E-state index is 12.2. The monoisotopic (exact) mass is 296 g/mol. The van der Waals surface area contributed by atoms with Crippen LogP contribution < -0.4 is 5.69 Å². The van der Waals surface area contributed by atoms with Crippen molar-refractivity contribution in [1.29, 1.82) is 0 Å². The summed E-state index contributed by atoms with van der Waals surface area (Å²) in [6.45, 7) is 6.10. The lowest BCUT2D eigenvalue weighted by molar-refractivity contribution is -0.136. The number of hydrogen-bond acceptors (Lipinski definition) is 4. The van der Waals surface area contributed by atoms with E-state index in [9.17, 15) is 9.59 Å². The van der Waals surface area contributed by atoms with Gasteiger partial charge in [-0.2, -0.15) is 4.98 Å². The van der Waals surface area contributed by atoms with Crippen LogP contribution in [0.25, 0.3) is 0 Å². The number of carbonyl (C=O) groups is 1. The third-order valence-electron chi connectivity index (χ3n) is 3.64. The van der Waals surface area contributed by atoms with Crippen molar-refractivity contribution in [3.8, 4) is 0 Å². The fraction of sp³-hybridized carbons (Fsp3) is 0.667. The van der Waals surface area contributed by atoms with Crippen molar-refractivity contribution in [1.82, 2.24) is 9.55 Å². The van der Waals surface area contributed by atoms with Crippen LogP contribution in [-0.2, 0) is 16.0 Å². The highest BCUT2D eigenvalue weighted by Gasteiger charge is 2.19. The first-order chi connectivity index (χ1) is 9.92. The van der Waals surface area contributed by atoms with E-state index in [-0.39, 0.29) is 18.2 Å². The third kappa shape index (κ3) is 4.39. The molecule has 21 heavy (non-hydrogen) atoms. The van der Waals surface area contributed by atoms with Crippen LogP contribution in [0.5, 0.6) is 0 Å². The molecule has 1 heterocycles. The van der Waals surface area contributed by atoms with Crippen LogP contribution in [0.3, 0.4) is 0 Å². The first kappa shape index (κ1) is 17.4. The maximum Gasteiger partial charge on any atom is 0.348 e. The van der Waals surface area contributed by atoms with Crippen LogP contribution in [-0.4, -0.2) is 34.3 Å². The van der Waals surface area contributed by atoms with Gasteiger partial charge in [0.1, 0.15) is 0 Å². The zero-order valence-corrected chi connectivity index (χ0v) is 13.2. The number of rotatable bonds is 8. The van der Waals surface area contributed by atoms with E-state index < -0.39 is 5.97 Å². The topological polar surface area (TPSA) is 81.4 Å². The molecule has 1 atom stereocenters. The highest BCUT2D eigenvalue weighted by molar-refractivity contribution is 5.67. The zero-order valence-electron chi connectivity index (χ0n) is 13.2. The van der Waals surface area contributed by atoms with Gasteiger partial charge in [0.2, 0.25) is 0 Å². The second kappa shape index (κ2) is 7.93. The van der Waals surface area contributed by atoms with E-state index in [1.54, 1.807) is 18.6 Å². The van der Waals surface area contributed by atoms with Gasteiger partial charge in [-0.05, 0) is 32.3 Å². The van der Waals surface area contributed by atoms with Gasteiger partial charge in [-0.25, -0.2) is 4.79 Å². The molecule has 0 bridgehead atoms. The molecule has 1 aromatic heterocycles. The molecule has 0 amide bonds. The van der Waals surface area contributed by atoms with Crippen LogP contribution in [0.1, 0.15) is 49.2 Å². The zero-order chi connectivity index (χ0) is 16.0. The van der Waals surface area contributed by atoms with Crippen molar-refractivity contribution in [3.05, 3.63) is 27.4 Å². The average molecular weight is 296 g/mol. The molecule has 0 aliphatic heterocycles. The fourth-order valence-corrected chi connectivity index (χ4v) is 2.65. The number of carboxylic acid groups (broad SMARTS) is 1. The van der Waals surface area contributed by atoms with Gasteiger partial charge in [0.25, 0.3) is 0 Å². The summed E-state index contributed by atoms with van der Waals surface area (Å²) in [7, 11) is 1.61. The molecule has 1 unspecified atom stereocenters. The van der Waals surface area contributed by atoms with E-state index >= 15 is 0 Å². The number of aromatic nitrogens is 2. The van der Waals surface area contributed by atoms with Crippen molar-refractivity contribution in [3.63, 3.8) is 0 Å².